The minimum Gasteiger partial charge on any atom is -0.394 e. The molecule has 0 atom stereocenters. The van der Waals surface area contributed by atoms with Crippen molar-refractivity contribution < 1.29 is 5.11 Å². The number of aliphatic hydroxyl groups excluding tert-OH is 1. The summed E-state index contributed by atoms with van der Waals surface area (Å²) in [6.07, 6.45) is 0. The lowest BCUT2D eigenvalue weighted by atomic mass is 10.6. The maximum atomic E-state index is 8.58. The molecule has 0 aromatic carbocycles. The summed E-state index contributed by atoms with van der Waals surface area (Å²) < 4.78 is 0. The molecule has 8 nitrogen and oxygen atoms in total. The topological polar surface area (TPSA) is 140 Å². The maximum absolute atomic E-state index is 8.58. The molecule has 0 aliphatic carbocycles. The fourth-order valence-corrected chi connectivity index (χ4v) is 0.733. The molecule has 72 valence electrons. The minimum absolute atomic E-state index is 0.00381. The van der Waals surface area contributed by atoms with Crippen LogP contribution < -0.4 is 22.3 Å². The SMILES string of the molecule is Nc1nc(N)nc(N(N)CCO)n1. The molecule has 1 heterocycles. The lowest BCUT2D eigenvalue weighted by molar-refractivity contribution is 0.301. The number of rotatable bonds is 3. The van der Waals surface area contributed by atoms with Crippen LogP contribution in [-0.2, 0) is 0 Å². The summed E-state index contributed by atoms with van der Waals surface area (Å²) in [5.41, 5.74) is 10.6. The molecule has 0 radical (unpaired) electrons. The van der Waals surface area contributed by atoms with E-state index in [2.05, 4.69) is 15.0 Å². The van der Waals surface area contributed by atoms with Crippen molar-refractivity contribution in [1.82, 2.24) is 15.0 Å². The average Bonchev–Trinajstić information content (AvgIpc) is 2.03. The molecule has 13 heavy (non-hydrogen) atoms. The molecule has 0 fully saturated rings. The first-order valence-corrected chi connectivity index (χ1v) is 3.53. The quantitative estimate of drug-likeness (QED) is 0.304. The zero-order valence-electron chi connectivity index (χ0n) is 6.88. The number of nitrogen functional groups attached to an aromatic ring is 2. The van der Waals surface area contributed by atoms with Crippen molar-refractivity contribution in [1.29, 1.82) is 0 Å². The fourth-order valence-electron chi connectivity index (χ4n) is 0.733. The van der Waals surface area contributed by atoms with Gasteiger partial charge in [-0.3, -0.25) is 5.01 Å². The Morgan fingerprint density at radius 1 is 1.15 bits per heavy atom. The van der Waals surface area contributed by atoms with E-state index in [1.165, 1.54) is 0 Å². The maximum Gasteiger partial charge on any atom is 0.246 e. The molecule has 0 aliphatic rings. The van der Waals surface area contributed by atoms with Crippen LogP contribution in [0.1, 0.15) is 0 Å². The second-order valence-corrected chi connectivity index (χ2v) is 2.27. The summed E-state index contributed by atoms with van der Waals surface area (Å²) in [4.78, 5) is 11.0. The van der Waals surface area contributed by atoms with Gasteiger partial charge in [0, 0.05) is 0 Å². The molecule has 1 aromatic rings. The van der Waals surface area contributed by atoms with E-state index in [4.69, 9.17) is 22.4 Å². The van der Waals surface area contributed by atoms with Crippen LogP contribution in [0, 0.1) is 0 Å². The number of anilines is 3. The molecule has 0 aliphatic heterocycles. The Kier molecular flexibility index (Phi) is 2.77. The van der Waals surface area contributed by atoms with Gasteiger partial charge < -0.3 is 16.6 Å². The smallest absolute Gasteiger partial charge is 0.246 e. The van der Waals surface area contributed by atoms with E-state index in [9.17, 15) is 0 Å². The predicted octanol–water partition coefficient (Wildman–Crippen LogP) is -2.29. The molecule has 0 amide bonds. The van der Waals surface area contributed by atoms with E-state index < -0.39 is 0 Å². The molecule has 0 unspecified atom stereocenters. The molecule has 0 bridgehead atoms. The summed E-state index contributed by atoms with van der Waals surface area (Å²) in [5.74, 6) is 5.58. The minimum atomic E-state index is -0.109. The molecule has 1 rings (SSSR count). The number of aliphatic hydroxyl groups is 1. The van der Waals surface area contributed by atoms with Gasteiger partial charge in [0.1, 0.15) is 0 Å². The molecule has 0 saturated carbocycles. The first kappa shape index (κ1) is 9.42. The number of hydrazine groups is 1. The zero-order chi connectivity index (χ0) is 9.84. The van der Waals surface area contributed by atoms with E-state index in [1.54, 1.807) is 0 Å². The van der Waals surface area contributed by atoms with Crippen molar-refractivity contribution in [2.75, 3.05) is 29.6 Å². The normalized spacial score (nSPS) is 10.0. The van der Waals surface area contributed by atoms with Gasteiger partial charge in [0.25, 0.3) is 0 Å². The van der Waals surface area contributed by atoms with Gasteiger partial charge in [0.2, 0.25) is 17.8 Å². The number of nitrogens with two attached hydrogens (primary N) is 3. The Morgan fingerprint density at radius 3 is 2.15 bits per heavy atom. The first-order valence-electron chi connectivity index (χ1n) is 3.53. The Hall–Kier alpha value is -1.67. The van der Waals surface area contributed by atoms with Gasteiger partial charge in [0.05, 0.1) is 13.2 Å². The van der Waals surface area contributed by atoms with Crippen LogP contribution in [0.25, 0.3) is 0 Å². The summed E-state index contributed by atoms with van der Waals surface area (Å²) in [6.45, 7) is 0.0882. The monoisotopic (exact) mass is 185 g/mol. The van der Waals surface area contributed by atoms with E-state index >= 15 is 0 Å². The van der Waals surface area contributed by atoms with Crippen molar-refractivity contribution in [3.05, 3.63) is 0 Å². The van der Waals surface area contributed by atoms with Gasteiger partial charge in [-0.1, -0.05) is 0 Å². The van der Waals surface area contributed by atoms with Gasteiger partial charge in [-0.2, -0.15) is 15.0 Å². The van der Waals surface area contributed by atoms with Gasteiger partial charge in [-0.05, 0) is 0 Å². The molecule has 0 saturated heterocycles. The standard InChI is InChI=1S/C5H11N7O/c6-3-9-4(7)11-5(10-3)12(8)1-2-13/h13H,1-2,8H2,(H4,6,7,9,10,11). The van der Waals surface area contributed by atoms with Crippen LogP contribution >= 0.6 is 0 Å². The number of hydrogen-bond donors (Lipinski definition) is 4. The Balaban J connectivity index is 2.87. The third kappa shape index (κ3) is 2.39. The summed E-state index contributed by atoms with van der Waals surface area (Å²) in [5, 5.41) is 9.71. The van der Waals surface area contributed by atoms with Gasteiger partial charge >= 0.3 is 0 Å². The highest BCUT2D eigenvalue weighted by Crippen LogP contribution is 2.05. The van der Waals surface area contributed by atoms with Crippen molar-refractivity contribution in [2.24, 2.45) is 5.84 Å². The Bertz CT molecular complexity index is 270. The molecule has 0 spiro atoms. The Morgan fingerprint density at radius 2 is 1.69 bits per heavy atom. The van der Waals surface area contributed by atoms with Crippen LogP contribution in [0.2, 0.25) is 0 Å². The summed E-state index contributed by atoms with van der Waals surface area (Å²) >= 11 is 0. The van der Waals surface area contributed by atoms with Crippen LogP contribution in [0.3, 0.4) is 0 Å². The van der Waals surface area contributed by atoms with Gasteiger partial charge in [-0.15, -0.1) is 0 Å². The van der Waals surface area contributed by atoms with Crippen molar-refractivity contribution in [2.45, 2.75) is 0 Å². The first-order chi connectivity index (χ1) is 6.13. The van der Waals surface area contributed by atoms with Gasteiger partial charge in [-0.25, -0.2) is 5.84 Å². The molecule has 7 N–H and O–H groups in total. The van der Waals surface area contributed by atoms with E-state index in [-0.39, 0.29) is 31.0 Å². The fraction of sp³-hybridized carbons (Fsp3) is 0.400. The van der Waals surface area contributed by atoms with E-state index in [0.29, 0.717) is 0 Å². The highest BCUT2D eigenvalue weighted by molar-refractivity contribution is 5.38. The van der Waals surface area contributed by atoms with Crippen LogP contribution in [0.15, 0.2) is 0 Å². The van der Waals surface area contributed by atoms with E-state index in [0.717, 1.165) is 5.01 Å². The van der Waals surface area contributed by atoms with Gasteiger partial charge in [0.15, 0.2) is 0 Å². The highest BCUT2D eigenvalue weighted by atomic mass is 16.3. The average molecular weight is 185 g/mol. The summed E-state index contributed by atoms with van der Waals surface area (Å²) in [6, 6.07) is 0. The molecular formula is C5H11N7O. The third-order valence-electron chi connectivity index (χ3n) is 1.26. The molecule has 1 aromatic heterocycles. The van der Waals surface area contributed by atoms with Crippen molar-refractivity contribution >= 4 is 17.8 Å². The summed E-state index contributed by atoms with van der Waals surface area (Å²) in [7, 11) is 0. The van der Waals surface area contributed by atoms with Crippen LogP contribution in [0.5, 0.6) is 0 Å². The molecule has 8 heteroatoms. The van der Waals surface area contributed by atoms with Crippen molar-refractivity contribution in [3.63, 3.8) is 0 Å². The number of nitrogens with zero attached hydrogens (tertiary/aromatic N) is 4. The third-order valence-corrected chi connectivity index (χ3v) is 1.26. The highest BCUT2D eigenvalue weighted by Gasteiger charge is 2.06. The predicted molar refractivity (Wildman–Crippen MR) is 47.3 cm³/mol. The number of aromatic nitrogens is 3. The lowest BCUT2D eigenvalue weighted by Crippen LogP contribution is -2.35. The lowest BCUT2D eigenvalue weighted by Gasteiger charge is -2.14. The zero-order valence-corrected chi connectivity index (χ0v) is 6.88. The number of hydrogen-bond acceptors (Lipinski definition) is 8. The van der Waals surface area contributed by atoms with Crippen LogP contribution in [-0.4, -0.2) is 33.2 Å². The van der Waals surface area contributed by atoms with Crippen molar-refractivity contribution in [3.8, 4) is 0 Å². The molecular weight excluding hydrogens is 174 g/mol. The van der Waals surface area contributed by atoms with E-state index in [1.807, 2.05) is 0 Å². The Labute approximate surface area is 74.4 Å². The second-order valence-electron chi connectivity index (χ2n) is 2.27. The largest absolute Gasteiger partial charge is 0.394 e. The second kappa shape index (κ2) is 3.83. The van der Waals surface area contributed by atoms with Crippen LogP contribution in [0.4, 0.5) is 17.8 Å².